The van der Waals surface area contributed by atoms with Gasteiger partial charge in [-0.25, -0.2) is 12.8 Å². The fourth-order valence-electron chi connectivity index (χ4n) is 3.12. The number of hydrogen-bond acceptors (Lipinski definition) is 5. The van der Waals surface area contributed by atoms with Gasteiger partial charge in [-0.1, -0.05) is 12.1 Å². The number of carbonyl (C=O) groups is 1. The van der Waals surface area contributed by atoms with Gasteiger partial charge < -0.3 is 14.8 Å². The molecule has 7 nitrogen and oxygen atoms in total. The Morgan fingerprint density at radius 2 is 1.79 bits per heavy atom. The first kappa shape index (κ1) is 24.1. The average molecular weight is 473 g/mol. The third-order valence-corrected chi connectivity index (χ3v) is 6.23. The second-order valence-corrected chi connectivity index (χ2v) is 8.86. The Morgan fingerprint density at radius 1 is 1.06 bits per heavy atom. The summed E-state index contributed by atoms with van der Waals surface area (Å²) in [4.78, 5) is 12.7. The van der Waals surface area contributed by atoms with Gasteiger partial charge in [-0.15, -0.1) is 0 Å². The largest absolute Gasteiger partial charge is 0.494 e. The molecule has 2 N–H and O–H groups in total. The van der Waals surface area contributed by atoms with Crippen LogP contribution >= 0.6 is 0 Å². The molecule has 3 aromatic carbocycles. The van der Waals surface area contributed by atoms with Crippen molar-refractivity contribution in [1.82, 2.24) is 5.32 Å². The molecule has 0 bridgehead atoms. The van der Waals surface area contributed by atoms with E-state index in [1.54, 1.807) is 37.3 Å². The summed E-state index contributed by atoms with van der Waals surface area (Å²) in [6, 6.07) is 16.1. The fraction of sp³-hybridized carbons (Fsp3) is 0.208. The molecule has 0 spiro atoms. The highest BCUT2D eigenvalue weighted by molar-refractivity contribution is 7.92. The number of sulfonamides is 1. The van der Waals surface area contributed by atoms with Crippen molar-refractivity contribution < 1.29 is 27.1 Å². The van der Waals surface area contributed by atoms with Crippen molar-refractivity contribution in [2.75, 3.05) is 18.4 Å². The summed E-state index contributed by atoms with van der Waals surface area (Å²) < 4.78 is 52.3. The molecule has 0 aliphatic rings. The normalized spacial score (nSPS) is 12.0. The van der Waals surface area contributed by atoms with Gasteiger partial charge in [0, 0.05) is 11.3 Å². The lowest BCUT2D eigenvalue weighted by molar-refractivity contribution is 0.0939. The summed E-state index contributed by atoms with van der Waals surface area (Å²) in [6.07, 6.45) is 0. The van der Waals surface area contributed by atoms with Crippen molar-refractivity contribution in [1.29, 1.82) is 0 Å². The van der Waals surface area contributed by atoms with Gasteiger partial charge in [0.05, 0.1) is 24.7 Å². The molecule has 0 saturated heterocycles. The van der Waals surface area contributed by atoms with Crippen molar-refractivity contribution >= 4 is 21.6 Å². The molecule has 0 radical (unpaired) electrons. The van der Waals surface area contributed by atoms with Crippen molar-refractivity contribution in [3.63, 3.8) is 0 Å². The van der Waals surface area contributed by atoms with Crippen LogP contribution in [0.1, 0.15) is 35.8 Å². The van der Waals surface area contributed by atoms with Gasteiger partial charge in [-0.2, -0.15) is 0 Å². The first-order valence-electron chi connectivity index (χ1n) is 10.2. The summed E-state index contributed by atoms with van der Waals surface area (Å²) >= 11 is 0. The highest BCUT2D eigenvalue weighted by atomic mass is 32.2. The standard InChI is InChI=1S/C24H25FN2O5S/c1-4-32-20-11-9-19(10-12-20)27-33(29,30)21-7-5-6-18(14-21)24(28)26-16(2)17-8-13-23(31-3)22(25)15-17/h5-16,27H,4H2,1-3H3,(H,26,28). The van der Waals surface area contributed by atoms with Crippen LogP contribution in [0.15, 0.2) is 71.6 Å². The second-order valence-electron chi connectivity index (χ2n) is 7.18. The van der Waals surface area contributed by atoms with E-state index >= 15 is 0 Å². The average Bonchev–Trinajstić information content (AvgIpc) is 2.80. The van der Waals surface area contributed by atoms with E-state index in [1.165, 1.54) is 43.5 Å². The van der Waals surface area contributed by atoms with Crippen molar-refractivity contribution in [3.05, 3.63) is 83.7 Å². The number of nitrogens with one attached hydrogen (secondary N) is 2. The molecule has 1 amide bonds. The highest BCUT2D eigenvalue weighted by Gasteiger charge is 2.18. The molecule has 0 aliphatic carbocycles. The van der Waals surface area contributed by atoms with E-state index in [2.05, 4.69) is 10.0 Å². The van der Waals surface area contributed by atoms with E-state index in [0.717, 1.165) is 0 Å². The van der Waals surface area contributed by atoms with Gasteiger partial charge in [0.2, 0.25) is 0 Å². The lowest BCUT2D eigenvalue weighted by Gasteiger charge is -2.16. The van der Waals surface area contributed by atoms with E-state index < -0.39 is 27.8 Å². The molecule has 33 heavy (non-hydrogen) atoms. The Hall–Kier alpha value is -3.59. The van der Waals surface area contributed by atoms with Crippen LogP contribution < -0.4 is 19.5 Å². The lowest BCUT2D eigenvalue weighted by atomic mass is 10.1. The van der Waals surface area contributed by atoms with Crippen molar-refractivity contribution in [2.24, 2.45) is 0 Å². The van der Waals surface area contributed by atoms with Crippen LogP contribution in [0.2, 0.25) is 0 Å². The Bertz CT molecular complexity index is 1230. The van der Waals surface area contributed by atoms with Gasteiger partial charge in [0.1, 0.15) is 5.75 Å². The van der Waals surface area contributed by atoms with Crippen LogP contribution in [-0.2, 0) is 10.0 Å². The Labute approximate surface area is 192 Å². The minimum Gasteiger partial charge on any atom is -0.494 e. The van der Waals surface area contributed by atoms with Gasteiger partial charge in [0.25, 0.3) is 15.9 Å². The molecule has 0 aromatic heterocycles. The number of halogens is 1. The van der Waals surface area contributed by atoms with E-state index in [9.17, 15) is 17.6 Å². The van der Waals surface area contributed by atoms with Crippen LogP contribution in [-0.4, -0.2) is 28.0 Å². The first-order chi connectivity index (χ1) is 15.7. The van der Waals surface area contributed by atoms with Gasteiger partial charge in [-0.05, 0) is 74.0 Å². The summed E-state index contributed by atoms with van der Waals surface area (Å²) in [5.74, 6) is -0.290. The zero-order chi connectivity index (χ0) is 24.0. The SMILES string of the molecule is CCOc1ccc(NS(=O)(=O)c2cccc(C(=O)NC(C)c3ccc(OC)c(F)c3)c2)cc1. The molecule has 0 heterocycles. The minimum atomic E-state index is -3.92. The number of rotatable bonds is 9. The Kier molecular flexibility index (Phi) is 7.55. The Balaban J connectivity index is 1.73. The van der Waals surface area contributed by atoms with E-state index in [0.29, 0.717) is 23.6 Å². The summed E-state index contributed by atoms with van der Waals surface area (Å²) in [5, 5.41) is 2.75. The number of anilines is 1. The monoisotopic (exact) mass is 472 g/mol. The first-order valence-corrected chi connectivity index (χ1v) is 11.7. The summed E-state index contributed by atoms with van der Waals surface area (Å²) in [6.45, 7) is 4.06. The molecule has 0 saturated carbocycles. The highest BCUT2D eigenvalue weighted by Crippen LogP contribution is 2.23. The number of amides is 1. The van der Waals surface area contributed by atoms with Crippen LogP contribution in [0.25, 0.3) is 0 Å². The molecule has 1 atom stereocenters. The van der Waals surface area contributed by atoms with E-state index in [4.69, 9.17) is 9.47 Å². The van der Waals surface area contributed by atoms with Crippen molar-refractivity contribution in [2.45, 2.75) is 24.8 Å². The van der Waals surface area contributed by atoms with Crippen LogP contribution in [0.5, 0.6) is 11.5 Å². The van der Waals surface area contributed by atoms with Gasteiger partial charge in [-0.3, -0.25) is 9.52 Å². The van der Waals surface area contributed by atoms with Crippen LogP contribution in [0.3, 0.4) is 0 Å². The number of carbonyl (C=O) groups excluding carboxylic acids is 1. The minimum absolute atomic E-state index is 0.0628. The number of benzene rings is 3. The fourth-order valence-corrected chi connectivity index (χ4v) is 4.22. The lowest BCUT2D eigenvalue weighted by Crippen LogP contribution is -2.27. The molecule has 3 rings (SSSR count). The smallest absolute Gasteiger partial charge is 0.261 e. The number of methoxy groups -OCH3 is 1. The number of hydrogen-bond donors (Lipinski definition) is 2. The molecule has 1 unspecified atom stereocenters. The maximum Gasteiger partial charge on any atom is 0.261 e. The zero-order valence-electron chi connectivity index (χ0n) is 18.5. The maximum absolute atomic E-state index is 14.0. The summed E-state index contributed by atoms with van der Waals surface area (Å²) in [5.41, 5.74) is 1.07. The molecule has 9 heteroatoms. The van der Waals surface area contributed by atoms with E-state index in [-0.39, 0.29) is 16.2 Å². The quantitative estimate of drug-likeness (QED) is 0.477. The molecule has 174 valence electrons. The Morgan fingerprint density at radius 3 is 2.42 bits per heavy atom. The van der Waals surface area contributed by atoms with Gasteiger partial charge >= 0.3 is 0 Å². The zero-order valence-corrected chi connectivity index (χ0v) is 19.3. The predicted molar refractivity (Wildman–Crippen MR) is 124 cm³/mol. The molecule has 3 aromatic rings. The van der Waals surface area contributed by atoms with Crippen LogP contribution in [0.4, 0.5) is 10.1 Å². The molecular weight excluding hydrogens is 447 g/mol. The predicted octanol–water partition coefficient (Wildman–Crippen LogP) is 4.52. The molecular formula is C24H25FN2O5S. The summed E-state index contributed by atoms with van der Waals surface area (Å²) in [7, 11) is -2.55. The van der Waals surface area contributed by atoms with Gasteiger partial charge in [0.15, 0.2) is 11.6 Å². The molecule has 0 aliphatic heterocycles. The third kappa shape index (κ3) is 6.01. The van der Waals surface area contributed by atoms with Crippen molar-refractivity contribution in [3.8, 4) is 11.5 Å². The second kappa shape index (κ2) is 10.4. The van der Waals surface area contributed by atoms with Crippen LogP contribution in [0, 0.1) is 5.82 Å². The third-order valence-electron chi connectivity index (χ3n) is 4.85. The molecule has 0 fully saturated rings. The number of ether oxygens (including phenoxy) is 2. The van der Waals surface area contributed by atoms with E-state index in [1.807, 2.05) is 6.92 Å². The topological polar surface area (TPSA) is 93.7 Å². The maximum atomic E-state index is 14.0.